The second kappa shape index (κ2) is 9.25. The third-order valence-corrected chi connectivity index (χ3v) is 5.21. The number of hydrogen-bond acceptors (Lipinski definition) is 5. The Kier molecular flexibility index (Phi) is 6.51. The number of nitrogens with zero attached hydrogens (tertiary/aromatic N) is 1. The lowest BCUT2D eigenvalue weighted by molar-refractivity contribution is -0.116. The molecule has 138 valence electrons. The quantitative estimate of drug-likeness (QED) is 0.534. The third-order valence-electron chi connectivity index (χ3n) is 3.62. The highest BCUT2D eigenvalue weighted by Gasteiger charge is 2.07. The van der Waals surface area contributed by atoms with Gasteiger partial charge in [0.15, 0.2) is 5.13 Å². The zero-order chi connectivity index (χ0) is 19.1. The van der Waals surface area contributed by atoms with Gasteiger partial charge in [-0.3, -0.25) is 14.9 Å². The van der Waals surface area contributed by atoms with Crippen LogP contribution in [0.4, 0.5) is 10.8 Å². The second-order valence-electron chi connectivity index (χ2n) is 5.75. The molecule has 0 aliphatic heterocycles. The summed E-state index contributed by atoms with van der Waals surface area (Å²) in [6.45, 7) is 1.97. The zero-order valence-electron chi connectivity index (χ0n) is 14.8. The molecule has 0 atom stereocenters. The highest BCUT2D eigenvalue weighted by Crippen LogP contribution is 2.26. The van der Waals surface area contributed by atoms with Crippen molar-refractivity contribution in [3.05, 3.63) is 58.1 Å². The Labute approximate surface area is 165 Å². The molecule has 2 heterocycles. The van der Waals surface area contributed by atoms with Gasteiger partial charge < -0.3 is 5.32 Å². The molecule has 0 radical (unpaired) electrons. The Morgan fingerprint density at radius 3 is 2.63 bits per heavy atom. The maximum atomic E-state index is 12.0. The fraction of sp³-hybridized carbons (Fsp3) is 0.150. The lowest BCUT2D eigenvalue weighted by Gasteiger charge is -2.05. The van der Waals surface area contributed by atoms with Crippen LogP contribution in [0.5, 0.6) is 0 Å². The van der Waals surface area contributed by atoms with Crippen molar-refractivity contribution in [1.29, 1.82) is 0 Å². The van der Waals surface area contributed by atoms with Crippen LogP contribution >= 0.6 is 22.7 Å². The number of carbonyl (C=O) groups is 2. The van der Waals surface area contributed by atoms with E-state index in [0.29, 0.717) is 11.6 Å². The van der Waals surface area contributed by atoms with Crippen molar-refractivity contribution in [1.82, 2.24) is 4.98 Å². The summed E-state index contributed by atoms with van der Waals surface area (Å²) in [5.41, 5.74) is 2.47. The van der Waals surface area contributed by atoms with E-state index in [1.54, 1.807) is 17.4 Å². The van der Waals surface area contributed by atoms with Gasteiger partial charge in [-0.05, 0) is 36.1 Å². The molecule has 0 unspecified atom stereocenters. The SMILES string of the molecule is CCCC(=O)Nc1ccc(-c2csc(NC(=O)/C=C/c3cccs3)n2)cc1. The molecule has 5 nitrogen and oxygen atoms in total. The maximum absolute atomic E-state index is 12.0. The van der Waals surface area contributed by atoms with Crippen LogP contribution < -0.4 is 10.6 Å². The fourth-order valence-electron chi connectivity index (χ4n) is 2.33. The smallest absolute Gasteiger partial charge is 0.250 e. The van der Waals surface area contributed by atoms with Gasteiger partial charge in [0.2, 0.25) is 11.8 Å². The van der Waals surface area contributed by atoms with Crippen LogP contribution in [0.1, 0.15) is 24.6 Å². The van der Waals surface area contributed by atoms with Crippen LogP contribution in [0.2, 0.25) is 0 Å². The van der Waals surface area contributed by atoms with Gasteiger partial charge in [0, 0.05) is 34.0 Å². The van der Waals surface area contributed by atoms with Gasteiger partial charge in [-0.15, -0.1) is 22.7 Å². The number of thiazole rings is 1. The Balaban J connectivity index is 1.60. The van der Waals surface area contributed by atoms with E-state index in [9.17, 15) is 9.59 Å². The number of carbonyl (C=O) groups excluding carboxylic acids is 2. The molecule has 0 bridgehead atoms. The summed E-state index contributed by atoms with van der Waals surface area (Å²) in [6, 6.07) is 11.4. The van der Waals surface area contributed by atoms with E-state index < -0.39 is 0 Å². The predicted molar refractivity (Wildman–Crippen MR) is 113 cm³/mol. The van der Waals surface area contributed by atoms with E-state index >= 15 is 0 Å². The van der Waals surface area contributed by atoms with Gasteiger partial charge in [0.05, 0.1) is 5.69 Å². The molecule has 2 aromatic heterocycles. The first-order valence-corrected chi connectivity index (χ1v) is 10.3. The molecule has 0 saturated heterocycles. The summed E-state index contributed by atoms with van der Waals surface area (Å²) in [6.07, 6.45) is 4.61. The molecular weight excluding hydrogens is 378 g/mol. The van der Waals surface area contributed by atoms with Crippen molar-refractivity contribution in [3.8, 4) is 11.3 Å². The molecule has 27 heavy (non-hydrogen) atoms. The Morgan fingerprint density at radius 1 is 1.11 bits per heavy atom. The standard InChI is InChI=1S/C20H19N3O2S2/c1-2-4-18(24)21-15-8-6-14(7-9-15)17-13-27-20(22-17)23-19(25)11-10-16-5-3-12-26-16/h3,5-13H,2,4H2,1H3,(H,21,24)(H,22,23,25)/b11-10+. The molecule has 0 aliphatic rings. The molecule has 2 amide bonds. The van der Waals surface area contributed by atoms with Gasteiger partial charge in [-0.2, -0.15) is 0 Å². The van der Waals surface area contributed by atoms with Crippen molar-refractivity contribution in [2.75, 3.05) is 10.6 Å². The fourth-order valence-corrected chi connectivity index (χ4v) is 3.67. The molecule has 7 heteroatoms. The number of benzene rings is 1. The highest BCUT2D eigenvalue weighted by atomic mass is 32.1. The molecule has 2 N–H and O–H groups in total. The summed E-state index contributed by atoms with van der Waals surface area (Å²) in [5, 5.41) is 10.0. The van der Waals surface area contributed by atoms with Crippen LogP contribution in [0, 0.1) is 0 Å². The molecule has 0 aliphatic carbocycles. The number of thiophene rings is 1. The Bertz CT molecular complexity index is 929. The largest absolute Gasteiger partial charge is 0.326 e. The molecule has 3 aromatic rings. The summed E-state index contributed by atoms with van der Waals surface area (Å²) in [7, 11) is 0. The Morgan fingerprint density at radius 2 is 1.93 bits per heavy atom. The van der Waals surface area contributed by atoms with Crippen LogP contribution in [0.25, 0.3) is 17.3 Å². The zero-order valence-corrected chi connectivity index (χ0v) is 16.4. The minimum absolute atomic E-state index is 0.0134. The van der Waals surface area contributed by atoms with Gasteiger partial charge in [-0.1, -0.05) is 25.1 Å². The molecule has 3 rings (SSSR count). The minimum atomic E-state index is -0.210. The van der Waals surface area contributed by atoms with E-state index in [2.05, 4.69) is 15.6 Å². The number of aromatic nitrogens is 1. The second-order valence-corrected chi connectivity index (χ2v) is 7.59. The van der Waals surface area contributed by atoms with Gasteiger partial charge in [-0.25, -0.2) is 4.98 Å². The normalized spacial score (nSPS) is 10.9. The summed E-state index contributed by atoms with van der Waals surface area (Å²) >= 11 is 2.95. The number of rotatable bonds is 7. The first-order valence-electron chi connectivity index (χ1n) is 8.52. The van der Waals surface area contributed by atoms with E-state index in [1.165, 1.54) is 17.4 Å². The van der Waals surface area contributed by atoms with Crippen molar-refractivity contribution < 1.29 is 9.59 Å². The highest BCUT2D eigenvalue weighted by molar-refractivity contribution is 7.14. The number of nitrogens with one attached hydrogen (secondary N) is 2. The van der Waals surface area contributed by atoms with Gasteiger partial charge in [0.25, 0.3) is 0 Å². The first-order chi connectivity index (χ1) is 13.1. The average Bonchev–Trinajstić information content (AvgIpc) is 3.33. The van der Waals surface area contributed by atoms with E-state index in [0.717, 1.165) is 28.2 Å². The van der Waals surface area contributed by atoms with E-state index in [-0.39, 0.29) is 11.8 Å². The molecule has 0 saturated carbocycles. The molecule has 0 fully saturated rings. The van der Waals surface area contributed by atoms with Gasteiger partial charge in [0.1, 0.15) is 0 Å². The summed E-state index contributed by atoms with van der Waals surface area (Å²) in [4.78, 5) is 29.1. The van der Waals surface area contributed by atoms with Crippen molar-refractivity contribution >= 4 is 51.4 Å². The molecular formula is C20H19N3O2S2. The average molecular weight is 398 g/mol. The van der Waals surface area contributed by atoms with E-state index in [4.69, 9.17) is 0 Å². The number of anilines is 2. The number of amides is 2. The molecule has 1 aromatic carbocycles. The summed E-state index contributed by atoms with van der Waals surface area (Å²) < 4.78 is 0. The number of hydrogen-bond donors (Lipinski definition) is 2. The molecule has 0 spiro atoms. The minimum Gasteiger partial charge on any atom is -0.326 e. The van der Waals surface area contributed by atoms with Gasteiger partial charge >= 0.3 is 0 Å². The Hall–Kier alpha value is -2.77. The maximum Gasteiger partial charge on any atom is 0.250 e. The van der Waals surface area contributed by atoms with Crippen LogP contribution in [0.3, 0.4) is 0 Å². The monoisotopic (exact) mass is 397 g/mol. The summed E-state index contributed by atoms with van der Waals surface area (Å²) in [5.74, 6) is -0.196. The van der Waals surface area contributed by atoms with E-state index in [1.807, 2.05) is 54.1 Å². The lowest BCUT2D eigenvalue weighted by atomic mass is 10.1. The van der Waals surface area contributed by atoms with Crippen molar-refractivity contribution in [2.24, 2.45) is 0 Å². The first kappa shape index (κ1) is 19.0. The van der Waals surface area contributed by atoms with Crippen LogP contribution in [-0.2, 0) is 9.59 Å². The van der Waals surface area contributed by atoms with Crippen LogP contribution in [0.15, 0.2) is 53.2 Å². The predicted octanol–water partition coefficient (Wildman–Crippen LogP) is 5.26. The van der Waals surface area contributed by atoms with Crippen molar-refractivity contribution in [3.63, 3.8) is 0 Å². The lowest BCUT2D eigenvalue weighted by Crippen LogP contribution is -2.10. The van der Waals surface area contributed by atoms with Crippen molar-refractivity contribution in [2.45, 2.75) is 19.8 Å². The third kappa shape index (κ3) is 5.60. The van der Waals surface area contributed by atoms with Crippen LogP contribution in [-0.4, -0.2) is 16.8 Å². The topological polar surface area (TPSA) is 71.1 Å².